The molecule has 4 heteroatoms. The predicted molar refractivity (Wildman–Crippen MR) is 37.6 cm³/mol. The van der Waals surface area contributed by atoms with Crippen molar-refractivity contribution in [1.29, 1.82) is 5.26 Å². The molecule has 5 heavy (non-hydrogen) atoms. The molecule has 0 saturated heterocycles. The third-order valence-electron chi connectivity index (χ3n) is 0. The molecule has 0 bridgehead atoms. The minimum absolute atomic E-state index is 0. The van der Waals surface area contributed by atoms with Crippen LogP contribution in [0.25, 0.3) is 0 Å². The van der Waals surface area contributed by atoms with Gasteiger partial charge in [-0.05, 0) is 0 Å². The van der Waals surface area contributed by atoms with E-state index in [0.717, 1.165) is 0 Å². The summed E-state index contributed by atoms with van der Waals surface area (Å²) >= 11 is 0. The van der Waals surface area contributed by atoms with Gasteiger partial charge in [-0.2, -0.15) is 0 Å². The van der Waals surface area contributed by atoms with Crippen LogP contribution >= 0.6 is 50.9 Å². The molecule has 0 amide bonds. The van der Waals surface area contributed by atoms with Gasteiger partial charge in [-0.1, -0.05) is 0 Å². The molecule has 0 atom stereocenters. The first-order valence-corrected chi connectivity index (χ1v) is 0.258. The molecule has 0 aromatic carbocycles. The molecule has 34 valence electrons. The zero-order valence-electron chi connectivity index (χ0n) is 2.25. The molecule has 0 aromatic rings. The minimum Gasteiger partial charge on any atom is -0.202 e. The third-order valence-corrected chi connectivity index (χ3v) is 0. The Hall–Kier alpha value is 0.930. The van der Waals surface area contributed by atoms with Crippen molar-refractivity contribution in [1.82, 2.24) is 0 Å². The van der Waals surface area contributed by atoms with E-state index in [1.165, 1.54) is 0 Å². The fourth-order valence-corrected chi connectivity index (χ4v) is 0. The molecule has 0 radical (unpaired) electrons. The lowest BCUT2D eigenvalue weighted by molar-refractivity contribution is 1.58. The number of nitrogens with zero attached hydrogens (tertiary/aromatic N) is 1. The van der Waals surface area contributed by atoms with E-state index in [1.807, 2.05) is 0 Å². The highest BCUT2D eigenvalue weighted by molar-refractivity contribution is 8.93. The van der Waals surface area contributed by atoms with Gasteiger partial charge >= 0.3 is 0 Å². The van der Waals surface area contributed by atoms with Gasteiger partial charge in [0.2, 0.25) is 0 Å². The maximum atomic E-state index is 6.50. The summed E-state index contributed by atoms with van der Waals surface area (Å²) in [7, 11) is 0. The Bertz CT molecular complexity index is 11.6. The van der Waals surface area contributed by atoms with Crippen molar-refractivity contribution in [2.75, 3.05) is 0 Å². The molecule has 0 aliphatic rings. The van der Waals surface area contributed by atoms with Crippen LogP contribution in [0.4, 0.5) is 0 Å². The monoisotopic (exact) mass is 267 g/mol. The summed E-state index contributed by atoms with van der Waals surface area (Å²) in [5, 5.41) is 6.50. The minimum atomic E-state index is 0. The number of hydrogen-bond acceptors (Lipinski definition) is 1. The second kappa shape index (κ2) is 88.0. The summed E-state index contributed by atoms with van der Waals surface area (Å²) in [6.45, 7) is 3.50. The predicted octanol–water partition coefficient (Wildman–Crippen LogP) is 1.87. The van der Waals surface area contributed by atoms with E-state index >= 15 is 0 Å². The van der Waals surface area contributed by atoms with Crippen molar-refractivity contribution in [3.05, 3.63) is 0 Å². The molecule has 0 rings (SSSR count). The molecule has 0 heterocycles. The Morgan fingerprint density at radius 2 is 0.800 bits per heavy atom. The SMILES string of the molecule is Br.Br.Br.C#N. The van der Waals surface area contributed by atoms with Gasteiger partial charge < -0.3 is 0 Å². The molecule has 0 aliphatic carbocycles. The van der Waals surface area contributed by atoms with E-state index in [0.29, 0.717) is 0 Å². The highest BCUT2D eigenvalue weighted by atomic mass is 79.9. The lowest BCUT2D eigenvalue weighted by Crippen LogP contribution is -0.569. The fourth-order valence-electron chi connectivity index (χ4n) is 0. The molecule has 0 spiro atoms. The topological polar surface area (TPSA) is 23.8 Å². The van der Waals surface area contributed by atoms with Crippen LogP contribution in [-0.4, -0.2) is 0 Å². The quantitative estimate of drug-likeness (QED) is 0.659. The van der Waals surface area contributed by atoms with Crippen molar-refractivity contribution < 1.29 is 0 Å². The van der Waals surface area contributed by atoms with Crippen molar-refractivity contribution in [2.24, 2.45) is 0 Å². The van der Waals surface area contributed by atoms with E-state index < -0.39 is 0 Å². The van der Waals surface area contributed by atoms with Crippen LogP contribution in [-0.2, 0) is 0 Å². The van der Waals surface area contributed by atoms with Crippen LogP contribution in [0.3, 0.4) is 0 Å². The molecular formula is CH4Br3N. The first-order chi connectivity index (χ1) is 1.00. The summed E-state index contributed by atoms with van der Waals surface area (Å²) in [6.07, 6.45) is 0. The Morgan fingerprint density at radius 3 is 0.800 bits per heavy atom. The van der Waals surface area contributed by atoms with Crippen LogP contribution in [0, 0.1) is 11.8 Å². The summed E-state index contributed by atoms with van der Waals surface area (Å²) in [6, 6.07) is 0. The van der Waals surface area contributed by atoms with E-state index in [1.54, 1.807) is 0 Å². The van der Waals surface area contributed by atoms with Crippen LogP contribution in [0.1, 0.15) is 0 Å². The standard InChI is InChI=1S/CHN.3BrH/c1-2;;;/h1H;3*1H. The number of nitriles is 1. The van der Waals surface area contributed by atoms with Crippen molar-refractivity contribution in [2.45, 2.75) is 0 Å². The van der Waals surface area contributed by atoms with Crippen LogP contribution in [0.15, 0.2) is 0 Å². The second-order valence-corrected chi connectivity index (χ2v) is 0. The van der Waals surface area contributed by atoms with Crippen LogP contribution in [0.5, 0.6) is 0 Å². The number of halogens is 3. The third kappa shape index (κ3) is 48.9. The first kappa shape index (κ1) is 38.7. The maximum absolute atomic E-state index is 6.50. The van der Waals surface area contributed by atoms with Gasteiger partial charge in [0.05, 0.1) is 0 Å². The lowest BCUT2D eigenvalue weighted by Gasteiger charge is -0.668. The van der Waals surface area contributed by atoms with E-state index in [4.69, 9.17) is 5.26 Å². The highest BCUT2D eigenvalue weighted by Gasteiger charge is 0.513. The molecular weight excluding hydrogens is 266 g/mol. The first-order valence-electron chi connectivity index (χ1n) is 0.258. The van der Waals surface area contributed by atoms with Gasteiger partial charge in [-0.3, -0.25) is 0 Å². The van der Waals surface area contributed by atoms with Gasteiger partial charge in [-0.25, -0.2) is 5.26 Å². The van der Waals surface area contributed by atoms with Gasteiger partial charge in [0.15, 0.2) is 0 Å². The van der Waals surface area contributed by atoms with Gasteiger partial charge in [0.25, 0.3) is 0 Å². The van der Waals surface area contributed by atoms with Crippen molar-refractivity contribution in [3.63, 3.8) is 0 Å². The van der Waals surface area contributed by atoms with Crippen molar-refractivity contribution in [3.8, 4) is 6.57 Å². The molecule has 0 aromatic heterocycles. The average molecular weight is 270 g/mol. The summed E-state index contributed by atoms with van der Waals surface area (Å²) in [5.41, 5.74) is 0. The van der Waals surface area contributed by atoms with E-state index in [-0.39, 0.29) is 50.9 Å². The molecule has 0 unspecified atom stereocenters. The fraction of sp³-hybridized carbons (Fsp3) is 0. The van der Waals surface area contributed by atoms with Gasteiger partial charge in [0.1, 0.15) is 0 Å². The Labute approximate surface area is 62.7 Å². The van der Waals surface area contributed by atoms with Gasteiger partial charge in [-0.15, -0.1) is 50.9 Å². The summed E-state index contributed by atoms with van der Waals surface area (Å²) < 4.78 is 0. The van der Waals surface area contributed by atoms with Crippen LogP contribution in [0.2, 0.25) is 0 Å². The number of hydrogen-bond donors (Lipinski definition) is 0. The average Bonchev–Trinajstić information content (AvgIpc) is 1.00. The zero-order chi connectivity index (χ0) is 2.00. The molecule has 1 nitrogen and oxygen atoms in total. The molecule has 0 N–H and O–H groups in total. The zero-order valence-corrected chi connectivity index (χ0v) is 7.39. The van der Waals surface area contributed by atoms with Crippen molar-refractivity contribution >= 4 is 50.9 Å². The normalized spacial score (nSPS) is 0.400. The number of rotatable bonds is 0. The lowest BCUT2D eigenvalue weighted by atomic mass is 11.9. The second-order valence-electron chi connectivity index (χ2n) is 0. The smallest absolute Gasteiger partial charge is 0.0462 e. The molecule has 0 fully saturated rings. The molecule has 0 aliphatic heterocycles. The largest absolute Gasteiger partial charge is 0.202 e. The van der Waals surface area contributed by atoms with Crippen LogP contribution < -0.4 is 0 Å². The summed E-state index contributed by atoms with van der Waals surface area (Å²) in [5.74, 6) is 0. The highest BCUT2D eigenvalue weighted by Crippen LogP contribution is 0.848. The maximum Gasteiger partial charge on any atom is 0.0462 e. The molecule has 0 saturated carbocycles. The Morgan fingerprint density at radius 1 is 0.800 bits per heavy atom. The van der Waals surface area contributed by atoms with Gasteiger partial charge in [0, 0.05) is 6.57 Å². The van der Waals surface area contributed by atoms with E-state index in [2.05, 4.69) is 6.57 Å². The summed E-state index contributed by atoms with van der Waals surface area (Å²) in [4.78, 5) is 0. The Kier molecular flexibility index (Phi) is 681. The Balaban J connectivity index is -0.00000000167. The van der Waals surface area contributed by atoms with E-state index in [9.17, 15) is 0 Å².